The molecule has 0 fully saturated rings. The van der Waals surface area contributed by atoms with E-state index in [-0.39, 0.29) is 0 Å². The molecule has 6 heteroatoms. The molecule has 0 aliphatic carbocycles. The Bertz CT molecular complexity index is 723. The van der Waals surface area contributed by atoms with Crippen LogP contribution in [-0.4, -0.2) is 23.0 Å². The molecule has 0 aliphatic rings. The van der Waals surface area contributed by atoms with Crippen LogP contribution < -0.4 is 5.32 Å². The van der Waals surface area contributed by atoms with Gasteiger partial charge in [0.2, 0.25) is 0 Å². The number of benzene rings is 1. The van der Waals surface area contributed by atoms with Gasteiger partial charge in [0.25, 0.3) is 5.91 Å². The van der Waals surface area contributed by atoms with Gasteiger partial charge in [-0.3, -0.25) is 9.78 Å². The number of amides is 1. The summed E-state index contributed by atoms with van der Waals surface area (Å²) < 4.78 is 5.08. The minimum atomic E-state index is -0.993. The molecule has 0 saturated carbocycles. The average molecular weight is 295 g/mol. The minimum absolute atomic E-state index is 0.312. The fourth-order valence-electron chi connectivity index (χ4n) is 1.69. The first-order valence-electron chi connectivity index (χ1n) is 6.53. The maximum atomic E-state index is 12.0. The fourth-order valence-corrected chi connectivity index (χ4v) is 1.69. The molecule has 0 unspecified atom stereocenters. The first-order chi connectivity index (χ1) is 10.6. The van der Waals surface area contributed by atoms with Gasteiger partial charge in [-0.25, -0.2) is 4.79 Å². The van der Waals surface area contributed by atoms with Crippen molar-refractivity contribution in [1.29, 1.82) is 5.26 Å². The van der Waals surface area contributed by atoms with Crippen molar-refractivity contribution in [3.05, 3.63) is 59.9 Å². The molecule has 1 aromatic heterocycles. The van der Waals surface area contributed by atoms with Gasteiger partial charge < -0.3 is 10.1 Å². The van der Waals surface area contributed by atoms with E-state index in [2.05, 4.69) is 10.3 Å². The Balaban J connectivity index is 2.01. The fraction of sp³-hybridized carbons (Fsp3) is 0.125. The van der Waals surface area contributed by atoms with Gasteiger partial charge in [-0.1, -0.05) is 12.1 Å². The molecular weight excluding hydrogens is 282 g/mol. The van der Waals surface area contributed by atoms with E-state index in [0.29, 0.717) is 16.8 Å². The number of rotatable bonds is 4. The topological polar surface area (TPSA) is 92.1 Å². The summed E-state index contributed by atoms with van der Waals surface area (Å²) in [5.74, 6) is -1.12. The van der Waals surface area contributed by atoms with E-state index in [1.807, 2.05) is 6.07 Å². The minimum Gasteiger partial charge on any atom is -0.449 e. The number of para-hydroxylation sites is 1. The summed E-state index contributed by atoms with van der Waals surface area (Å²) in [6, 6.07) is 11.6. The van der Waals surface area contributed by atoms with E-state index in [1.54, 1.807) is 24.3 Å². The zero-order valence-corrected chi connectivity index (χ0v) is 11.8. The summed E-state index contributed by atoms with van der Waals surface area (Å²) in [6.07, 6.45) is 1.93. The molecule has 2 aromatic rings. The van der Waals surface area contributed by atoms with Gasteiger partial charge in [0.1, 0.15) is 6.07 Å². The standard InChI is InChI=1S/C16H13N3O3/c1-11(22-16(21)12-6-8-18-9-7-12)15(20)19-14-5-3-2-4-13(14)10-17/h2-9,11H,1H3,(H,19,20)/t11-/m0/s1. The summed E-state index contributed by atoms with van der Waals surface area (Å²) >= 11 is 0. The second kappa shape index (κ2) is 6.99. The number of pyridine rings is 1. The van der Waals surface area contributed by atoms with Crippen LogP contribution in [0.15, 0.2) is 48.8 Å². The lowest BCUT2D eigenvalue weighted by Crippen LogP contribution is -2.30. The zero-order chi connectivity index (χ0) is 15.9. The molecule has 1 N–H and O–H groups in total. The van der Waals surface area contributed by atoms with Crippen LogP contribution in [-0.2, 0) is 9.53 Å². The van der Waals surface area contributed by atoms with Crippen LogP contribution >= 0.6 is 0 Å². The molecule has 0 saturated heterocycles. The van der Waals surface area contributed by atoms with Crippen LogP contribution in [0.25, 0.3) is 0 Å². The SMILES string of the molecule is C[C@H](OC(=O)c1ccncc1)C(=O)Nc1ccccc1C#N. The van der Waals surface area contributed by atoms with Crippen molar-refractivity contribution >= 4 is 17.6 Å². The summed E-state index contributed by atoms with van der Waals surface area (Å²) in [5.41, 5.74) is 1.03. The predicted molar refractivity (Wildman–Crippen MR) is 78.9 cm³/mol. The first kappa shape index (κ1) is 15.2. The maximum absolute atomic E-state index is 12.0. The molecule has 0 bridgehead atoms. The van der Waals surface area contributed by atoms with Gasteiger partial charge >= 0.3 is 5.97 Å². The lowest BCUT2D eigenvalue weighted by Gasteiger charge is -2.14. The van der Waals surface area contributed by atoms with Crippen LogP contribution in [0.4, 0.5) is 5.69 Å². The van der Waals surface area contributed by atoms with Crippen molar-refractivity contribution in [1.82, 2.24) is 4.98 Å². The zero-order valence-electron chi connectivity index (χ0n) is 11.8. The van der Waals surface area contributed by atoms with Gasteiger partial charge in [-0.05, 0) is 31.2 Å². The van der Waals surface area contributed by atoms with Gasteiger partial charge in [-0.2, -0.15) is 5.26 Å². The lowest BCUT2D eigenvalue weighted by molar-refractivity contribution is -0.123. The van der Waals surface area contributed by atoms with E-state index in [0.717, 1.165) is 0 Å². The number of aromatic nitrogens is 1. The van der Waals surface area contributed by atoms with E-state index < -0.39 is 18.0 Å². The highest BCUT2D eigenvalue weighted by Crippen LogP contribution is 2.14. The van der Waals surface area contributed by atoms with Crippen molar-refractivity contribution in [2.75, 3.05) is 5.32 Å². The van der Waals surface area contributed by atoms with Crippen LogP contribution in [0.2, 0.25) is 0 Å². The number of nitrogens with one attached hydrogen (secondary N) is 1. The third kappa shape index (κ3) is 3.67. The molecule has 2 rings (SSSR count). The Kier molecular flexibility index (Phi) is 4.83. The quantitative estimate of drug-likeness (QED) is 0.872. The first-order valence-corrected chi connectivity index (χ1v) is 6.53. The molecule has 0 radical (unpaired) electrons. The van der Waals surface area contributed by atoms with Crippen LogP contribution in [0.5, 0.6) is 0 Å². The highest BCUT2D eigenvalue weighted by molar-refractivity contribution is 5.98. The third-order valence-corrected chi connectivity index (χ3v) is 2.87. The second-order valence-corrected chi connectivity index (χ2v) is 4.43. The smallest absolute Gasteiger partial charge is 0.339 e. The number of nitrogens with zero attached hydrogens (tertiary/aromatic N) is 2. The Morgan fingerprint density at radius 1 is 1.23 bits per heavy atom. The number of carbonyl (C=O) groups is 2. The van der Waals surface area contributed by atoms with Crippen molar-refractivity contribution in [2.45, 2.75) is 13.0 Å². The average Bonchev–Trinajstić information content (AvgIpc) is 2.56. The van der Waals surface area contributed by atoms with E-state index >= 15 is 0 Å². The summed E-state index contributed by atoms with van der Waals surface area (Å²) in [6.45, 7) is 1.46. The van der Waals surface area contributed by atoms with E-state index in [9.17, 15) is 9.59 Å². The number of hydrogen-bond acceptors (Lipinski definition) is 5. The molecule has 0 spiro atoms. The van der Waals surface area contributed by atoms with E-state index in [1.165, 1.54) is 31.5 Å². The highest BCUT2D eigenvalue weighted by atomic mass is 16.5. The van der Waals surface area contributed by atoms with Gasteiger partial charge in [-0.15, -0.1) is 0 Å². The maximum Gasteiger partial charge on any atom is 0.339 e. The lowest BCUT2D eigenvalue weighted by atomic mass is 10.2. The van der Waals surface area contributed by atoms with Crippen LogP contribution in [0.3, 0.4) is 0 Å². The number of esters is 1. The van der Waals surface area contributed by atoms with Crippen LogP contribution in [0, 0.1) is 11.3 Å². The number of anilines is 1. The molecule has 1 heterocycles. The summed E-state index contributed by atoms with van der Waals surface area (Å²) in [4.78, 5) is 27.7. The van der Waals surface area contributed by atoms with Crippen LogP contribution in [0.1, 0.15) is 22.8 Å². The third-order valence-electron chi connectivity index (χ3n) is 2.87. The molecule has 1 atom stereocenters. The molecule has 22 heavy (non-hydrogen) atoms. The second-order valence-electron chi connectivity index (χ2n) is 4.43. The van der Waals surface area contributed by atoms with Gasteiger partial charge in [0, 0.05) is 12.4 Å². The number of carbonyl (C=O) groups excluding carboxylic acids is 2. The molecule has 1 aromatic carbocycles. The van der Waals surface area contributed by atoms with Crippen molar-refractivity contribution in [3.8, 4) is 6.07 Å². The molecule has 0 aliphatic heterocycles. The van der Waals surface area contributed by atoms with Crippen molar-refractivity contribution in [3.63, 3.8) is 0 Å². The Labute approximate surface area is 127 Å². The Hall–Kier alpha value is -3.20. The normalized spacial score (nSPS) is 11.1. The molecule has 6 nitrogen and oxygen atoms in total. The van der Waals surface area contributed by atoms with Crippen molar-refractivity contribution in [2.24, 2.45) is 0 Å². The Morgan fingerprint density at radius 2 is 1.91 bits per heavy atom. The number of nitriles is 1. The molecule has 1 amide bonds. The highest BCUT2D eigenvalue weighted by Gasteiger charge is 2.19. The number of ether oxygens (including phenoxy) is 1. The summed E-state index contributed by atoms with van der Waals surface area (Å²) in [5, 5.41) is 11.5. The predicted octanol–water partition coefficient (Wildman–Crippen LogP) is 2.14. The molecular formula is C16H13N3O3. The number of hydrogen-bond donors (Lipinski definition) is 1. The molecule has 110 valence electrons. The van der Waals surface area contributed by atoms with Gasteiger partial charge in [0.15, 0.2) is 6.10 Å². The van der Waals surface area contributed by atoms with Gasteiger partial charge in [0.05, 0.1) is 16.8 Å². The summed E-state index contributed by atoms with van der Waals surface area (Å²) in [7, 11) is 0. The van der Waals surface area contributed by atoms with E-state index in [4.69, 9.17) is 10.00 Å². The van der Waals surface area contributed by atoms with Crippen molar-refractivity contribution < 1.29 is 14.3 Å². The monoisotopic (exact) mass is 295 g/mol. The largest absolute Gasteiger partial charge is 0.449 e. The Morgan fingerprint density at radius 3 is 2.59 bits per heavy atom.